The molecule has 0 bridgehead atoms. The zero-order chi connectivity index (χ0) is 0. The Morgan fingerprint density at radius 1 is 0.750 bits per heavy atom. The van der Waals surface area contributed by atoms with Crippen LogP contribution in [0, 0.1) is 0 Å². The van der Waals surface area contributed by atoms with Crippen molar-refractivity contribution >= 4 is 47.9 Å². The van der Waals surface area contributed by atoms with Gasteiger partial charge in [0.1, 0.15) is 0 Å². The van der Waals surface area contributed by atoms with E-state index >= 15 is 0 Å². The van der Waals surface area contributed by atoms with Crippen LogP contribution in [0.4, 0.5) is 0 Å². The third-order valence-corrected chi connectivity index (χ3v) is 0. The molecule has 0 saturated heterocycles. The zero-order valence-electron chi connectivity index (χ0n) is 1.52. The molecule has 0 amide bonds. The summed E-state index contributed by atoms with van der Waals surface area (Å²) in [5, 5.41) is 0. The average molecular weight is 165 g/mol. The minimum Gasteiger partial charge on any atom is -0.147 e. The summed E-state index contributed by atoms with van der Waals surface area (Å²) in [5.41, 5.74) is 0. The molecule has 22 valence electrons. The molecule has 0 radical (unpaired) electrons. The molecule has 0 N–H and O–H groups in total. The van der Waals surface area contributed by atoms with Crippen LogP contribution in [0.3, 0.4) is 0 Å². The van der Waals surface area contributed by atoms with E-state index in [1.165, 1.54) is 0 Å². The van der Waals surface area contributed by atoms with Crippen molar-refractivity contribution in [1.82, 2.24) is 0 Å². The first-order chi connectivity index (χ1) is 0. The molecule has 0 rings (SSSR count). The molecule has 0 heterocycles. The molecular formula is H4Cl2MgZn. The minimum absolute atomic E-state index is 0. The van der Waals surface area contributed by atoms with E-state index in [-0.39, 0.29) is 67.3 Å². The summed E-state index contributed by atoms with van der Waals surface area (Å²) >= 11 is 0. The standard InChI is InChI=1S/2ClH.Mg.Zn.2H/h2*1H;;;;. The van der Waals surface area contributed by atoms with Gasteiger partial charge in [-0.25, -0.2) is 0 Å². The van der Waals surface area contributed by atoms with Gasteiger partial charge in [0, 0.05) is 19.5 Å². The maximum absolute atomic E-state index is 0. The van der Waals surface area contributed by atoms with Crippen LogP contribution in [0.25, 0.3) is 0 Å². The Hall–Kier alpha value is 1.97. The molecule has 0 unspecified atom stereocenters. The fraction of sp³-hybridized carbons (Fsp3) is 0. The summed E-state index contributed by atoms with van der Waals surface area (Å²) in [6.07, 6.45) is 0. The van der Waals surface area contributed by atoms with Gasteiger partial charge in [-0.2, -0.15) is 0 Å². The molecule has 0 aromatic carbocycles. The normalized spacial score (nSPS) is 0. The molecule has 0 aliphatic carbocycles. The van der Waals surface area contributed by atoms with E-state index in [1.54, 1.807) is 0 Å². The molecule has 0 aromatic heterocycles. The Morgan fingerprint density at radius 2 is 0.750 bits per heavy atom. The fourth-order valence-electron chi connectivity index (χ4n) is 0. The molecule has 0 atom stereocenters. The molecule has 0 spiro atoms. The van der Waals surface area contributed by atoms with E-state index < -0.39 is 0 Å². The summed E-state index contributed by atoms with van der Waals surface area (Å²) in [5.74, 6) is 0. The first-order valence-corrected chi connectivity index (χ1v) is 0. The topological polar surface area (TPSA) is 0 Å². The van der Waals surface area contributed by atoms with Gasteiger partial charge in [-0.05, 0) is 0 Å². The minimum atomic E-state index is 0. The van der Waals surface area contributed by atoms with E-state index in [2.05, 4.69) is 0 Å². The Bertz CT molecular complexity index is 6.00. The van der Waals surface area contributed by atoms with Crippen LogP contribution in [0.1, 0.15) is 0 Å². The predicted octanol–water partition coefficient (Wildman–Crippen LogP) is -0.0751. The first kappa shape index (κ1) is 38.0. The van der Waals surface area contributed by atoms with Crippen LogP contribution in [0.15, 0.2) is 0 Å². The number of hydrogen-bond acceptors (Lipinski definition) is 0. The molecule has 0 aromatic rings. The van der Waals surface area contributed by atoms with Gasteiger partial charge in [-0.3, -0.25) is 0 Å². The Kier molecular flexibility index (Phi) is 192. The summed E-state index contributed by atoms with van der Waals surface area (Å²) < 4.78 is 0. The molecule has 0 aliphatic rings. The molecule has 0 nitrogen and oxygen atoms in total. The van der Waals surface area contributed by atoms with E-state index in [0.717, 1.165) is 0 Å². The maximum Gasteiger partial charge on any atom is 0.316 e. The molecule has 0 aliphatic heterocycles. The Balaban J connectivity index is 0. The number of halogens is 2. The van der Waals surface area contributed by atoms with Gasteiger partial charge < -0.3 is 0 Å². The van der Waals surface area contributed by atoms with E-state index in [1.807, 2.05) is 0 Å². The van der Waals surface area contributed by atoms with Crippen molar-refractivity contribution < 1.29 is 19.5 Å². The van der Waals surface area contributed by atoms with Crippen LogP contribution in [-0.4, -0.2) is 23.1 Å². The van der Waals surface area contributed by atoms with Crippen molar-refractivity contribution in [3.63, 3.8) is 0 Å². The third-order valence-electron chi connectivity index (χ3n) is 0. The predicted molar refractivity (Wildman–Crippen MR) is 23.0 cm³/mol. The smallest absolute Gasteiger partial charge is 0.147 e. The first-order valence-electron chi connectivity index (χ1n) is 0. The second kappa shape index (κ2) is 20.2. The van der Waals surface area contributed by atoms with Gasteiger partial charge in [0.2, 0.25) is 0 Å². The largest absolute Gasteiger partial charge is 0.316 e. The van der Waals surface area contributed by atoms with Crippen LogP contribution in [-0.2, 0) is 19.5 Å². The average Bonchev–Trinajstić information content (AvgIpc) is 0. The Morgan fingerprint density at radius 3 is 0.750 bits per heavy atom. The van der Waals surface area contributed by atoms with Gasteiger partial charge in [0.25, 0.3) is 0 Å². The molecular weight excluding hydrogens is 161 g/mol. The summed E-state index contributed by atoms with van der Waals surface area (Å²) in [7, 11) is 0. The SMILES string of the molecule is Cl.Cl.[MgH2].[Zn]. The van der Waals surface area contributed by atoms with Crippen LogP contribution in [0.2, 0.25) is 0 Å². The summed E-state index contributed by atoms with van der Waals surface area (Å²) in [6.45, 7) is 0. The Labute approximate surface area is 66.8 Å². The second-order valence-corrected chi connectivity index (χ2v) is 0. The number of hydrogen-bond donors (Lipinski definition) is 0. The summed E-state index contributed by atoms with van der Waals surface area (Å²) in [4.78, 5) is 0. The van der Waals surface area contributed by atoms with Crippen molar-refractivity contribution in [3.05, 3.63) is 0 Å². The maximum atomic E-state index is 0. The van der Waals surface area contributed by atoms with Gasteiger partial charge >= 0.3 is 23.1 Å². The van der Waals surface area contributed by atoms with Crippen molar-refractivity contribution in [2.45, 2.75) is 0 Å². The molecule has 4 heteroatoms. The van der Waals surface area contributed by atoms with Crippen molar-refractivity contribution in [3.8, 4) is 0 Å². The zero-order valence-corrected chi connectivity index (χ0v) is 6.12. The van der Waals surface area contributed by atoms with Crippen molar-refractivity contribution in [2.24, 2.45) is 0 Å². The number of rotatable bonds is 0. The molecule has 0 saturated carbocycles. The quantitative estimate of drug-likeness (QED) is 0.440. The van der Waals surface area contributed by atoms with Crippen molar-refractivity contribution in [1.29, 1.82) is 0 Å². The third kappa shape index (κ3) is 9.02. The van der Waals surface area contributed by atoms with Crippen LogP contribution in [0.5, 0.6) is 0 Å². The fourth-order valence-corrected chi connectivity index (χ4v) is 0. The van der Waals surface area contributed by atoms with Gasteiger partial charge in [-0.1, -0.05) is 0 Å². The van der Waals surface area contributed by atoms with Crippen LogP contribution >= 0.6 is 24.8 Å². The van der Waals surface area contributed by atoms with E-state index in [0.29, 0.717) is 0 Å². The summed E-state index contributed by atoms with van der Waals surface area (Å²) in [6, 6.07) is 0. The van der Waals surface area contributed by atoms with E-state index in [4.69, 9.17) is 0 Å². The monoisotopic (exact) mass is 162 g/mol. The van der Waals surface area contributed by atoms with Gasteiger partial charge in [0.05, 0.1) is 0 Å². The van der Waals surface area contributed by atoms with Crippen LogP contribution < -0.4 is 0 Å². The van der Waals surface area contributed by atoms with Gasteiger partial charge in [-0.15, -0.1) is 24.8 Å². The molecule has 4 heavy (non-hydrogen) atoms. The second-order valence-electron chi connectivity index (χ2n) is 0. The molecule has 0 fully saturated rings. The van der Waals surface area contributed by atoms with Gasteiger partial charge in [0.15, 0.2) is 0 Å². The van der Waals surface area contributed by atoms with E-state index in [9.17, 15) is 0 Å². The van der Waals surface area contributed by atoms with Crippen molar-refractivity contribution in [2.75, 3.05) is 0 Å².